The van der Waals surface area contributed by atoms with Gasteiger partial charge in [-0.3, -0.25) is 9.80 Å². The molecule has 0 atom stereocenters. The van der Waals surface area contributed by atoms with Gasteiger partial charge >= 0.3 is 0 Å². The number of anilines is 1. The maximum Gasteiger partial charge on any atom is 0.262 e. The lowest BCUT2D eigenvalue weighted by Crippen LogP contribution is -2.24. The highest BCUT2D eigenvalue weighted by Crippen LogP contribution is 2.27. The van der Waals surface area contributed by atoms with Gasteiger partial charge in [0.15, 0.2) is 18.1 Å². The third-order valence-corrected chi connectivity index (χ3v) is 4.62. The number of rotatable bonds is 8. The second kappa shape index (κ2) is 10.4. The van der Waals surface area contributed by atoms with Gasteiger partial charge in [-0.25, -0.2) is 0 Å². The lowest BCUT2D eigenvalue weighted by atomic mass is 10.2. The molecule has 154 valence electrons. The Morgan fingerprint density at radius 3 is 2.48 bits per heavy atom. The molecule has 1 heterocycles. The molecule has 7 nitrogen and oxygen atoms in total. The van der Waals surface area contributed by atoms with Gasteiger partial charge in [0.25, 0.3) is 5.91 Å². The van der Waals surface area contributed by atoms with Gasteiger partial charge < -0.3 is 19.5 Å². The summed E-state index contributed by atoms with van der Waals surface area (Å²) in [5.74, 6) is 1.54. The molecule has 0 aromatic heterocycles. The number of carbonyl (C=O) groups excluding carboxylic acids is 1. The zero-order valence-electron chi connectivity index (χ0n) is 16.9. The summed E-state index contributed by atoms with van der Waals surface area (Å²) >= 11 is 0. The van der Waals surface area contributed by atoms with Crippen molar-refractivity contribution in [3.8, 4) is 17.2 Å². The fourth-order valence-electron chi connectivity index (χ4n) is 3.04. The van der Waals surface area contributed by atoms with Gasteiger partial charge in [0.05, 0.1) is 20.4 Å². The van der Waals surface area contributed by atoms with E-state index in [4.69, 9.17) is 14.2 Å². The largest absolute Gasteiger partial charge is 0.497 e. The molecule has 0 spiro atoms. The van der Waals surface area contributed by atoms with Crippen molar-refractivity contribution in [1.29, 1.82) is 0 Å². The fraction of sp³-hybridized carbons (Fsp3) is 0.364. The topological polar surface area (TPSA) is 72.4 Å². The Hall–Kier alpha value is -3.22. The Bertz CT molecular complexity index is 830. The van der Waals surface area contributed by atoms with Crippen molar-refractivity contribution in [3.63, 3.8) is 0 Å². The zero-order chi connectivity index (χ0) is 20.5. The number of benzene rings is 2. The second-order valence-electron chi connectivity index (χ2n) is 6.73. The minimum atomic E-state index is -0.257. The van der Waals surface area contributed by atoms with E-state index < -0.39 is 0 Å². The van der Waals surface area contributed by atoms with Crippen LogP contribution in [-0.2, 0) is 4.79 Å². The van der Waals surface area contributed by atoms with E-state index in [1.807, 2.05) is 18.3 Å². The van der Waals surface area contributed by atoms with Crippen molar-refractivity contribution in [2.75, 3.05) is 39.2 Å². The van der Waals surface area contributed by atoms with E-state index in [2.05, 4.69) is 15.4 Å². The van der Waals surface area contributed by atoms with Gasteiger partial charge in [0.2, 0.25) is 0 Å². The summed E-state index contributed by atoms with van der Waals surface area (Å²) in [6.45, 7) is 1.87. The number of piperidine rings is 1. The van der Waals surface area contributed by atoms with Crippen molar-refractivity contribution in [3.05, 3.63) is 48.0 Å². The highest BCUT2D eigenvalue weighted by molar-refractivity contribution is 5.92. The number of hydrogen-bond acceptors (Lipinski definition) is 6. The summed E-state index contributed by atoms with van der Waals surface area (Å²) in [7, 11) is 3.17. The molecule has 1 aliphatic heterocycles. The number of hydrogen-bond donors (Lipinski definition) is 1. The number of nitrogens with zero attached hydrogens (tertiary/aromatic N) is 2. The monoisotopic (exact) mass is 397 g/mol. The van der Waals surface area contributed by atoms with Crippen LogP contribution in [0.25, 0.3) is 0 Å². The van der Waals surface area contributed by atoms with E-state index in [1.54, 1.807) is 44.6 Å². The molecule has 0 aliphatic carbocycles. The van der Waals surface area contributed by atoms with Gasteiger partial charge in [0.1, 0.15) is 5.75 Å². The van der Waals surface area contributed by atoms with Crippen LogP contribution in [0.5, 0.6) is 17.2 Å². The molecule has 0 radical (unpaired) electrons. The molecule has 2 aromatic carbocycles. The zero-order valence-corrected chi connectivity index (χ0v) is 16.9. The minimum Gasteiger partial charge on any atom is -0.497 e. The molecule has 1 fully saturated rings. The Balaban J connectivity index is 1.55. The first kappa shape index (κ1) is 20.5. The molecule has 1 N–H and O–H groups in total. The first-order chi connectivity index (χ1) is 14.2. The number of carbonyl (C=O) groups is 1. The van der Waals surface area contributed by atoms with Crippen LogP contribution >= 0.6 is 0 Å². The molecular formula is C22H27N3O4. The minimum absolute atomic E-state index is 0.121. The lowest BCUT2D eigenvalue weighted by molar-refractivity contribution is -0.118. The molecule has 2 aromatic rings. The molecule has 0 bridgehead atoms. The average molecular weight is 397 g/mol. The Labute approximate surface area is 171 Å². The van der Waals surface area contributed by atoms with Crippen LogP contribution in [0.3, 0.4) is 0 Å². The second-order valence-corrected chi connectivity index (χ2v) is 6.73. The molecule has 1 aliphatic rings. The predicted molar refractivity (Wildman–Crippen MR) is 113 cm³/mol. The number of nitrogens with one attached hydrogen (secondary N) is 1. The van der Waals surface area contributed by atoms with Gasteiger partial charge in [-0.1, -0.05) is 0 Å². The van der Waals surface area contributed by atoms with Crippen LogP contribution in [0.4, 0.5) is 5.69 Å². The Kier molecular flexibility index (Phi) is 7.33. The molecular weight excluding hydrogens is 370 g/mol. The molecule has 29 heavy (non-hydrogen) atoms. The van der Waals surface area contributed by atoms with E-state index in [-0.39, 0.29) is 12.5 Å². The number of amides is 1. The van der Waals surface area contributed by atoms with Crippen molar-refractivity contribution >= 4 is 17.8 Å². The normalized spacial score (nSPS) is 13.9. The molecule has 7 heteroatoms. The van der Waals surface area contributed by atoms with Crippen molar-refractivity contribution in [2.45, 2.75) is 19.3 Å². The number of ether oxygens (including phenoxy) is 3. The van der Waals surface area contributed by atoms with Crippen LogP contribution in [0.15, 0.2) is 47.6 Å². The van der Waals surface area contributed by atoms with Crippen LogP contribution < -0.4 is 19.5 Å². The van der Waals surface area contributed by atoms with Crippen LogP contribution in [0, 0.1) is 0 Å². The smallest absolute Gasteiger partial charge is 0.262 e. The Morgan fingerprint density at radius 2 is 1.79 bits per heavy atom. The van der Waals surface area contributed by atoms with Crippen LogP contribution in [-0.4, -0.2) is 51.0 Å². The fourth-order valence-corrected chi connectivity index (χ4v) is 3.04. The molecule has 0 saturated carbocycles. The molecule has 0 unspecified atom stereocenters. The van der Waals surface area contributed by atoms with Gasteiger partial charge in [-0.2, -0.15) is 5.10 Å². The number of hydrazone groups is 1. The first-order valence-electron chi connectivity index (χ1n) is 9.71. The summed E-state index contributed by atoms with van der Waals surface area (Å²) in [5.41, 5.74) is 1.60. The summed E-state index contributed by atoms with van der Waals surface area (Å²) in [6.07, 6.45) is 5.48. The highest BCUT2D eigenvalue weighted by Gasteiger charge is 2.10. The average Bonchev–Trinajstić information content (AvgIpc) is 2.77. The van der Waals surface area contributed by atoms with E-state index in [1.165, 1.54) is 19.3 Å². The summed E-state index contributed by atoms with van der Waals surface area (Å²) < 4.78 is 16.2. The van der Waals surface area contributed by atoms with E-state index >= 15 is 0 Å². The third kappa shape index (κ3) is 6.14. The molecule has 1 amide bonds. The maximum absolute atomic E-state index is 12.1. The maximum atomic E-state index is 12.1. The van der Waals surface area contributed by atoms with Gasteiger partial charge in [0, 0.05) is 18.8 Å². The van der Waals surface area contributed by atoms with E-state index in [9.17, 15) is 4.79 Å². The van der Waals surface area contributed by atoms with Crippen LogP contribution in [0.2, 0.25) is 0 Å². The summed E-state index contributed by atoms with van der Waals surface area (Å²) in [4.78, 5) is 12.1. The summed E-state index contributed by atoms with van der Waals surface area (Å²) in [5, 5.41) is 9.40. The van der Waals surface area contributed by atoms with Gasteiger partial charge in [-0.05, 0) is 67.3 Å². The van der Waals surface area contributed by atoms with Crippen molar-refractivity contribution in [1.82, 2.24) is 5.01 Å². The highest BCUT2D eigenvalue weighted by atomic mass is 16.5. The quantitative estimate of drug-likeness (QED) is 0.690. The first-order valence-corrected chi connectivity index (χ1v) is 9.71. The lowest BCUT2D eigenvalue weighted by Gasteiger charge is -2.23. The number of methoxy groups -OCH3 is 2. The molecule has 3 rings (SSSR count). The van der Waals surface area contributed by atoms with Crippen LogP contribution in [0.1, 0.15) is 24.8 Å². The van der Waals surface area contributed by atoms with Gasteiger partial charge in [-0.15, -0.1) is 0 Å². The Morgan fingerprint density at radius 1 is 1.03 bits per heavy atom. The van der Waals surface area contributed by atoms with E-state index in [0.29, 0.717) is 17.2 Å². The third-order valence-electron chi connectivity index (χ3n) is 4.62. The van der Waals surface area contributed by atoms with Crippen molar-refractivity contribution in [2.24, 2.45) is 5.10 Å². The van der Waals surface area contributed by atoms with Crippen molar-refractivity contribution < 1.29 is 19.0 Å². The SMILES string of the molecule is COc1ccc(NC(=O)COc2ccc(C=NN3CCCCC3)cc2OC)cc1. The molecule has 1 saturated heterocycles. The van der Waals surface area contributed by atoms with E-state index in [0.717, 1.165) is 24.4 Å². The standard InChI is InChI=1S/C22H27N3O4/c1-27-19-9-7-18(8-10-19)24-22(26)16-29-20-11-6-17(14-21(20)28-2)15-23-25-12-4-3-5-13-25/h6-11,14-15H,3-5,12-13,16H2,1-2H3,(H,24,26). The predicted octanol–water partition coefficient (Wildman–Crippen LogP) is 3.54. The summed E-state index contributed by atoms with van der Waals surface area (Å²) in [6, 6.07) is 12.6.